The molecule has 0 aliphatic heterocycles. The number of unbranched alkanes of at least 4 members (excludes halogenated alkanes) is 1. The predicted molar refractivity (Wildman–Crippen MR) is 331 cm³/mol. The third-order valence-electron chi connectivity index (χ3n) is 16.1. The van der Waals surface area contributed by atoms with Gasteiger partial charge in [0.25, 0.3) is 0 Å². The van der Waals surface area contributed by atoms with Crippen LogP contribution in [0.4, 0.5) is 0 Å². The fraction of sp³-hybridized carbons (Fsp3) is 0.137. The number of nitrogens with zero attached hydrogens (tertiary/aromatic N) is 10. The first-order valence-electron chi connectivity index (χ1n) is 29.0. The molecule has 0 radical (unpaired) electrons. The number of tetrazole rings is 2. The van der Waals surface area contributed by atoms with Gasteiger partial charge in [0.05, 0.1) is 5.52 Å². The maximum atomic E-state index is 7.55. The van der Waals surface area contributed by atoms with E-state index >= 15 is 0 Å². The predicted octanol–water partition coefficient (Wildman–Crippen LogP) is 14.7. The quantitative estimate of drug-likeness (QED) is 0.0647. The minimum Gasteiger partial charge on any atom is -0.478 e. The molecule has 0 fully saturated rings. The van der Waals surface area contributed by atoms with Gasteiger partial charge in [0, 0.05) is 24.1 Å². The van der Waals surface area contributed by atoms with Gasteiger partial charge < -0.3 is 14.0 Å². The molecule has 0 spiro atoms. The highest BCUT2D eigenvalue weighted by Gasteiger charge is 2.45. The van der Waals surface area contributed by atoms with Gasteiger partial charge >= 0.3 is 0 Å². The Labute approximate surface area is 494 Å². The van der Waals surface area contributed by atoms with Gasteiger partial charge in [-0.3, -0.25) is 0 Å². The molecular weight excluding hydrogens is 1050 g/mol. The molecule has 13 rings (SSSR count). The summed E-state index contributed by atoms with van der Waals surface area (Å²) >= 11 is 0. The molecule has 0 aliphatic carbocycles. The molecule has 0 aliphatic rings. The summed E-state index contributed by atoms with van der Waals surface area (Å²) in [5.41, 5.74) is 9.65. The van der Waals surface area contributed by atoms with Crippen LogP contribution in [0.15, 0.2) is 279 Å². The normalized spacial score (nSPS) is 12.4. The molecule has 0 saturated heterocycles. The minimum atomic E-state index is -1.00. The number of hydrogen-bond acceptors (Lipinski definition) is 9. The molecular formula is C73H62N10O2. The van der Waals surface area contributed by atoms with Gasteiger partial charge in [-0.25, -0.2) is 14.3 Å². The molecule has 12 nitrogen and oxygen atoms in total. The van der Waals surface area contributed by atoms with Crippen molar-refractivity contribution in [3.05, 3.63) is 352 Å². The zero-order chi connectivity index (χ0) is 57.4. The summed E-state index contributed by atoms with van der Waals surface area (Å²) in [4.78, 5) is 5.43. The largest absolute Gasteiger partial charge is 0.478 e. The van der Waals surface area contributed by atoms with Gasteiger partial charge in [-0.1, -0.05) is 274 Å². The number of ether oxygens (including phenoxy) is 2. The van der Waals surface area contributed by atoms with E-state index in [2.05, 4.69) is 223 Å². The van der Waals surface area contributed by atoms with Crippen molar-refractivity contribution in [3.8, 4) is 11.5 Å². The van der Waals surface area contributed by atoms with Crippen LogP contribution in [0.5, 0.6) is 11.5 Å². The van der Waals surface area contributed by atoms with Gasteiger partial charge in [-0.05, 0) is 96.9 Å². The zero-order valence-electron chi connectivity index (χ0n) is 47.3. The van der Waals surface area contributed by atoms with Gasteiger partial charge in [0.1, 0.15) is 33.9 Å². The molecule has 0 saturated carbocycles. The molecule has 3 heterocycles. The van der Waals surface area contributed by atoms with Crippen molar-refractivity contribution < 1.29 is 9.47 Å². The van der Waals surface area contributed by atoms with Crippen molar-refractivity contribution in [3.63, 3.8) is 0 Å². The van der Waals surface area contributed by atoms with E-state index in [-0.39, 0.29) is 0 Å². The Morgan fingerprint density at radius 1 is 0.424 bits per heavy atom. The molecule has 12 heteroatoms. The highest BCUT2D eigenvalue weighted by Crippen LogP contribution is 2.45. The van der Waals surface area contributed by atoms with E-state index in [4.69, 9.17) is 35.1 Å². The van der Waals surface area contributed by atoms with Crippen molar-refractivity contribution in [2.45, 2.75) is 62.9 Å². The number of rotatable bonds is 21. The Bertz CT molecular complexity index is 4070. The second-order valence-electron chi connectivity index (χ2n) is 21.3. The molecule has 13 aromatic rings. The smallest absolute Gasteiger partial charge is 0.198 e. The Kier molecular flexibility index (Phi) is 15.2. The van der Waals surface area contributed by atoms with E-state index in [0.717, 1.165) is 91.8 Å². The number of aryl methyl sites for hydroxylation is 2. The third kappa shape index (κ3) is 10.1. The van der Waals surface area contributed by atoms with Gasteiger partial charge in [0.15, 0.2) is 23.9 Å². The first-order valence-corrected chi connectivity index (χ1v) is 29.0. The molecule has 0 bridgehead atoms. The molecule has 0 amide bonds. The first-order chi connectivity index (χ1) is 42.0. The summed E-state index contributed by atoms with van der Waals surface area (Å²) in [6.07, 6.45) is 1.28. The second kappa shape index (κ2) is 24.1. The van der Waals surface area contributed by atoms with Crippen LogP contribution in [0.1, 0.15) is 105 Å². The Morgan fingerprint density at radius 2 is 0.800 bits per heavy atom. The lowest BCUT2D eigenvalue weighted by molar-refractivity contribution is 0.222. The molecule has 0 N–H and O–H groups in total. The zero-order valence-corrected chi connectivity index (χ0v) is 47.3. The highest BCUT2D eigenvalue weighted by molar-refractivity contribution is 5.86. The van der Waals surface area contributed by atoms with Crippen LogP contribution < -0.4 is 9.47 Å². The third-order valence-corrected chi connectivity index (χ3v) is 16.1. The van der Waals surface area contributed by atoms with Crippen LogP contribution in [0.3, 0.4) is 0 Å². The van der Waals surface area contributed by atoms with Crippen molar-refractivity contribution in [1.82, 2.24) is 50.0 Å². The number of aromatic nitrogens is 10. The summed E-state index contributed by atoms with van der Waals surface area (Å²) in [7, 11) is 0. The average Bonchev–Trinajstić information content (AvgIpc) is 2.80. The van der Waals surface area contributed by atoms with E-state index in [1.165, 1.54) is 0 Å². The Hall–Kier alpha value is -10.6. The molecule has 416 valence electrons. The summed E-state index contributed by atoms with van der Waals surface area (Å²) in [6, 6.07) is 95.5. The average molecular weight is 1110 g/mol. The van der Waals surface area contributed by atoms with Crippen molar-refractivity contribution in [2.75, 3.05) is 0 Å². The lowest BCUT2D eigenvalue weighted by atomic mass is 9.77. The summed E-state index contributed by atoms with van der Waals surface area (Å²) < 4.78 is 21.0. The Morgan fingerprint density at radius 3 is 1.19 bits per heavy atom. The fourth-order valence-electron chi connectivity index (χ4n) is 12.1. The van der Waals surface area contributed by atoms with Gasteiger partial charge in [-0.15, -0.1) is 10.2 Å². The lowest BCUT2D eigenvalue weighted by Crippen LogP contribution is -2.41. The molecule has 3 aromatic heterocycles. The molecule has 2 unspecified atom stereocenters. The second-order valence-corrected chi connectivity index (χ2v) is 21.3. The van der Waals surface area contributed by atoms with Crippen molar-refractivity contribution in [2.24, 2.45) is 0 Å². The van der Waals surface area contributed by atoms with Gasteiger partial charge in [0.2, 0.25) is 0 Å². The Balaban J connectivity index is 0.898. The summed E-state index contributed by atoms with van der Waals surface area (Å²) in [5.74, 6) is 3.35. The topological polar surface area (TPSA) is 123 Å². The van der Waals surface area contributed by atoms with Gasteiger partial charge in [-0.2, -0.15) is 0 Å². The van der Waals surface area contributed by atoms with Crippen LogP contribution in [0.25, 0.3) is 11.0 Å². The fourth-order valence-corrected chi connectivity index (χ4v) is 12.1. The van der Waals surface area contributed by atoms with Crippen molar-refractivity contribution in [1.29, 1.82) is 0 Å². The van der Waals surface area contributed by atoms with E-state index in [9.17, 15) is 0 Å². The van der Waals surface area contributed by atoms with Crippen molar-refractivity contribution >= 4 is 11.0 Å². The van der Waals surface area contributed by atoms with E-state index in [0.29, 0.717) is 29.7 Å². The number of benzene rings is 10. The maximum Gasteiger partial charge on any atom is 0.198 e. The lowest BCUT2D eigenvalue weighted by Gasteiger charge is -2.37. The maximum absolute atomic E-state index is 7.55. The number of imidazole rings is 1. The molecule has 2 atom stereocenters. The minimum absolute atomic E-state index is 0.511. The summed E-state index contributed by atoms with van der Waals surface area (Å²) in [6.45, 7) is 4.84. The van der Waals surface area contributed by atoms with E-state index < -0.39 is 23.3 Å². The van der Waals surface area contributed by atoms with Crippen LogP contribution in [0.2, 0.25) is 0 Å². The summed E-state index contributed by atoms with van der Waals surface area (Å²) in [5, 5.41) is 28.5. The number of hydrogen-bond donors (Lipinski definition) is 0. The van der Waals surface area contributed by atoms with Crippen LogP contribution >= 0.6 is 0 Å². The molecule has 85 heavy (non-hydrogen) atoms. The SMILES string of the molecule is CCCCc1nc2c(C)ccc(OC(c3ccccc3)c3nnnn3C(c3ccccc3)(c3ccccc3)c3ccccc3)c2n1Cc1ccc(OC(c2ccccc2)c2nnnn2C(c2ccccc2)(c2ccccc2)c2ccccc2)cc1. The van der Waals surface area contributed by atoms with Crippen LogP contribution in [0, 0.1) is 6.92 Å². The molecule has 10 aromatic carbocycles. The number of fused-ring (bicyclic) bond motifs is 1. The standard InChI is InChI=1S/C73H62N10O2/c1-3-4-45-65-74-66-53(2)46-51-64(85-69(56-31-15-6-16-32-56)71-76-78-80-83(71)73(60-39-23-10-24-40-60,61-41-25-11-26-42-61)62-43-27-12-28-44-62)67(66)81(65)52-54-47-49-63(50-48-54)84-68(55-29-13-5-14-30-55)70-75-77-79-82(70)72(57-33-17-7-18-34-57,58-35-19-8-20-36-58)59-37-21-9-22-38-59/h5-44,46-51,68-69H,3-4,45,52H2,1-2H3. The van der Waals surface area contributed by atoms with Crippen LogP contribution in [-0.4, -0.2) is 50.0 Å². The van der Waals surface area contributed by atoms with E-state index in [1.54, 1.807) is 0 Å². The monoisotopic (exact) mass is 1110 g/mol. The van der Waals surface area contributed by atoms with E-state index in [1.807, 2.05) is 94.3 Å². The van der Waals surface area contributed by atoms with Crippen LogP contribution in [-0.2, 0) is 24.0 Å². The first kappa shape index (κ1) is 53.7. The highest BCUT2D eigenvalue weighted by atomic mass is 16.5.